The highest BCUT2D eigenvalue weighted by Crippen LogP contribution is 2.24. The molecule has 0 atom stereocenters. The van der Waals surface area contributed by atoms with Crippen LogP contribution in [0.2, 0.25) is 0 Å². The third-order valence-electron chi connectivity index (χ3n) is 6.43. The molecule has 0 aliphatic carbocycles. The van der Waals surface area contributed by atoms with Gasteiger partial charge in [0.05, 0.1) is 20.8 Å². The summed E-state index contributed by atoms with van der Waals surface area (Å²) in [6, 6.07) is 31.0. The average Bonchev–Trinajstić information content (AvgIpc) is 3.00. The van der Waals surface area contributed by atoms with Crippen LogP contribution in [0.4, 0.5) is 5.69 Å². The maximum absolute atomic E-state index is 5.88. The second-order valence-electron chi connectivity index (χ2n) is 9.01. The van der Waals surface area contributed by atoms with Crippen molar-refractivity contribution in [2.75, 3.05) is 57.7 Å². The summed E-state index contributed by atoms with van der Waals surface area (Å²) in [6.45, 7) is 5.02. The first-order valence-corrected chi connectivity index (χ1v) is 14.3. The van der Waals surface area contributed by atoms with Gasteiger partial charge in [-0.05, 0) is 65.4 Å². The zero-order valence-electron chi connectivity index (χ0n) is 22.4. The normalized spacial score (nSPS) is 12.9. The molecular weight excluding hydrogens is 492 g/mol. The number of thioether (sulfide) groups is 1. The summed E-state index contributed by atoms with van der Waals surface area (Å²) in [5, 5.41) is 5.85. The van der Waals surface area contributed by atoms with Crippen molar-refractivity contribution in [2.24, 2.45) is 0 Å². The quantitative estimate of drug-likeness (QED) is 0.232. The number of ether oxygens (including phenoxy) is 3. The van der Waals surface area contributed by atoms with E-state index in [4.69, 9.17) is 14.2 Å². The van der Waals surface area contributed by atoms with Crippen molar-refractivity contribution in [3.05, 3.63) is 96.6 Å². The van der Waals surface area contributed by atoms with Crippen molar-refractivity contribution in [2.45, 2.75) is 12.2 Å². The van der Waals surface area contributed by atoms with E-state index in [0.717, 1.165) is 68.0 Å². The minimum Gasteiger partial charge on any atom is -0.497 e. The number of rotatable bonds is 10. The molecule has 1 aliphatic rings. The van der Waals surface area contributed by atoms with Gasteiger partial charge in [-0.2, -0.15) is 11.8 Å². The average molecular weight is 531 g/mol. The first-order chi connectivity index (χ1) is 18.8. The van der Waals surface area contributed by atoms with Gasteiger partial charge in [0.2, 0.25) is 0 Å². The summed E-state index contributed by atoms with van der Waals surface area (Å²) in [5.41, 5.74) is 2.54. The molecule has 0 spiro atoms. The number of nitrogens with one attached hydrogen (secondary N) is 1. The van der Waals surface area contributed by atoms with Crippen LogP contribution in [-0.2, 0) is 5.75 Å². The SMILES string of the molecule is COc1ccc2ccccc2c1.COc1ccccc1CSCCCOc1ccc(N2CCNCC2)cc1. The van der Waals surface area contributed by atoms with Crippen LogP contribution in [0.15, 0.2) is 91.0 Å². The Balaban J connectivity index is 0.000000232. The van der Waals surface area contributed by atoms with Gasteiger partial charge in [0.1, 0.15) is 17.2 Å². The fraction of sp³-hybridized carbons (Fsp3) is 0.312. The molecule has 0 bridgehead atoms. The van der Waals surface area contributed by atoms with Crippen molar-refractivity contribution in [3.8, 4) is 17.2 Å². The van der Waals surface area contributed by atoms with Gasteiger partial charge in [-0.3, -0.25) is 0 Å². The number of anilines is 1. The molecule has 4 aromatic rings. The summed E-state index contributed by atoms with van der Waals surface area (Å²) in [4.78, 5) is 2.41. The molecule has 38 heavy (non-hydrogen) atoms. The molecule has 1 fully saturated rings. The lowest BCUT2D eigenvalue weighted by atomic mass is 10.1. The number of fused-ring (bicyclic) bond motifs is 1. The lowest BCUT2D eigenvalue weighted by molar-refractivity contribution is 0.318. The molecule has 0 unspecified atom stereocenters. The number of benzene rings is 4. The van der Waals surface area contributed by atoms with E-state index in [0.29, 0.717) is 0 Å². The molecule has 1 saturated heterocycles. The molecule has 0 saturated carbocycles. The molecule has 5 nitrogen and oxygen atoms in total. The Morgan fingerprint density at radius 3 is 2.24 bits per heavy atom. The Hall–Kier alpha value is -3.35. The molecule has 5 rings (SSSR count). The fourth-order valence-electron chi connectivity index (χ4n) is 4.33. The molecule has 1 N–H and O–H groups in total. The van der Waals surface area contributed by atoms with Gasteiger partial charge in [0, 0.05) is 43.2 Å². The Labute approximate surface area is 231 Å². The first-order valence-electron chi connectivity index (χ1n) is 13.2. The van der Waals surface area contributed by atoms with Crippen LogP contribution in [-0.4, -0.2) is 52.8 Å². The van der Waals surface area contributed by atoms with Crippen LogP contribution in [0, 0.1) is 0 Å². The minimum atomic E-state index is 0.756. The van der Waals surface area contributed by atoms with E-state index in [2.05, 4.69) is 64.8 Å². The second kappa shape index (κ2) is 15.2. The summed E-state index contributed by atoms with van der Waals surface area (Å²) in [7, 11) is 3.41. The lowest BCUT2D eigenvalue weighted by Gasteiger charge is -2.29. The van der Waals surface area contributed by atoms with Crippen LogP contribution >= 0.6 is 11.8 Å². The minimum absolute atomic E-state index is 0.756. The summed E-state index contributed by atoms with van der Waals surface area (Å²) in [6.07, 6.45) is 1.04. The van der Waals surface area contributed by atoms with Gasteiger partial charge in [0.15, 0.2) is 0 Å². The van der Waals surface area contributed by atoms with E-state index in [-0.39, 0.29) is 0 Å². The van der Waals surface area contributed by atoms with Gasteiger partial charge < -0.3 is 24.4 Å². The first kappa shape index (κ1) is 27.7. The van der Waals surface area contributed by atoms with Crippen LogP contribution < -0.4 is 24.4 Å². The highest BCUT2D eigenvalue weighted by molar-refractivity contribution is 7.98. The second-order valence-corrected chi connectivity index (χ2v) is 10.1. The Morgan fingerprint density at radius 2 is 1.47 bits per heavy atom. The predicted molar refractivity (Wildman–Crippen MR) is 161 cm³/mol. The Kier molecular flexibility index (Phi) is 11.0. The molecular formula is C32H38N2O3S. The van der Waals surface area contributed by atoms with Crippen molar-refractivity contribution >= 4 is 28.2 Å². The van der Waals surface area contributed by atoms with E-state index < -0.39 is 0 Å². The maximum atomic E-state index is 5.88. The lowest BCUT2D eigenvalue weighted by Crippen LogP contribution is -2.43. The fourth-order valence-corrected chi connectivity index (χ4v) is 5.25. The number of hydrogen-bond donors (Lipinski definition) is 1. The molecule has 200 valence electrons. The summed E-state index contributed by atoms with van der Waals surface area (Å²) in [5.74, 6) is 4.90. The molecule has 0 aromatic heterocycles. The topological polar surface area (TPSA) is 43.0 Å². The number of hydrogen-bond acceptors (Lipinski definition) is 6. The maximum Gasteiger partial charge on any atom is 0.122 e. The van der Waals surface area contributed by atoms with Gasteiger partial charge in [-0.15, -0.1) is 0 Å². The van der Waals surface area contributed by atoms with Crippen LogP contribution in [0.25, 0.3) is 10.8 Å². The molecule has 0 amide bonds. The number of methoxy groups -OCH3 is 2. The standard InChI is InChI=1S/C21H28N2O2S.C11H10O/c1-24-21-6-3-2-5-18(21)17-26-16-4-15-25-20-9-7-19(8-10-20)23-13-11-22-12-14-23;1-12-11-7-6-9-4-2-3-5-10(9)8-11/h2-3,5-10,22H,4,11-17H2,1H3;2-8H,1H3. The molecule has 0 radical (unpaired) electrons. The van der Waals surface area contributed by atoms with Gasteiger partial charge in [-0.1, -0.05) is 48.5 Å². The van der Waals surface area contributed by atoms with Crippen LogP contribution in [0.1, 0.15) is 12.0 Å². The van der Waals surface area contributed by atoms with E-state index in [1.54, 1.807) is 14.2 Å². The molecule has 1 heterocycles. The van der Waals surface area contributed by atoms with Crippen LogP contribution in [0.5, 0.6) is 17.2 Å². The van der Waals surface area contributed by atoms with Crippen molar-refractivity contribution in [3.63, 3.8) is 0 Å². The zero-order valence-corrected chi connectivity index (χ0v) is 23.2. The molecule has 4 aromatic carbocycles. The largest absolute Gasteiger partial charge is 0.497 e. The highest BCUT2D eigenvalue weighted by atomic mass is 32.2. The van der Waals surface area contributed by atoms with Gasteiger partial charge >= 0.3 is 0 Å². The third-order valence-corrected chi connectivity index (χ3v) is 7.52. The Bertz CT molecular complexity index is 1240. The van der Waals surface area contributed by atoms with Gasteiger partial charge in [-0.25, -0.2) is 0 Å². The number of nitrogens with zero attached hydrogens (tertiary/aromatic N) is 1. The molecule has 1 aliphatic heterocycles. The summed E-state index contributed by atoms with van der Waals surface area (Å²) < 4.78 is 16.4. The van der Waals surface area contributed by atoms with Gasteiger partial charge in [0.25, 0.3) is 0 Å². The van der Waals surface area contributed by atoms with E-state index >= 15 is 0 Å². The monoisotopic (exact) mass is 530 g/mol. The smallest absolute Gasteiger partial charge is 0.122 e. The Morgan fingerprint density at radius 1 is 0.763 bits per heavy atom. The van der Waals surface area contributed by atoms with E-state index in [1.807, 2.05) is 48.2 Å². The van der Waals surface area contributed by atoms with Crippen molar-refractivity contribution in [1.82, 2.24) is 5.32 Å². The highest BCUT2D eigenvalue weighted by Gasteiger charge is 2.10. The number of para-hydroxylation sites is 1. The number of piperazine rings is 1. The van der Waals surface area contributed by atoms with Crippen LogP contribution in [0.3, 0.4) is 0 Å². The molecule has 6 heteroatoms. The van der Waals surface area contributed by atoms with E-state index in [1.165, 1.54) is 22.0 Å². The zero-order chi connectivity index (χ0) is 26.4. The van der Waals surface area contributed by atoms with Crippen molar-refractivity contribution < 1.29 is 14.2 Å². The summed E-state index contributed by atoms with van der Waals surface area (Å²) >= 11 is 1.92. The van der Waals surface area contributed by atoms with Crippen molar-refractivity contribution in [1.29, 1.82) is 0 Å². The predicted octanol–water partition coefficient (Wildman–Crippen LogP) is 6.66. The third kappa shape index (κ3) is 8.33. The van der Waals surface area contributed by atoms with E-state index in [9.17, 15) is 0 Å².